The van der Waals surface area contributed by atoms with Crippen LogP contribution in [-0.4, -0.2) is 0 Å². The van der Waals surface area contributed by atoms with E-state index in [1.807, 2.05) is 12.1 Å². The van der Waals surface area contributed by atoms with Crippen molar-refractivity contribution < 1.29 is 8.83 Å². The molecular weight excluding hydrogens is 889 g/mol. The lowest BCUT2D eigenvalue weighted by molar-refractivity contribution is 0.603. The smallest absolute Gasteiger partial charge is 0.135 e. The minimum absolute atomic E-state index is 0.636. The third kappa shape index (κ3) is 5.83. The van der Waals surface area contributed by atoms with Crippen LogP contribution in [0.4, 0.5) is 34.1 Å². The molecule has 2 heterocycles. The van der Waals surface area contributed by atoms with E-state index in [-0.39, 0.29) is 0 Å². The van der Waals surface area contributed by atoms with E-state index < -0.39 is 5.41 Å². The highest BCUT2D eigenvalue weighted by molar-refractivity contribution is 6.14. The summed E-state index contributed by atoms with van der Waals surface area (Å²) in [4.78, 5) is 4.79. The van der Waals surface area contributed by atoms with E-state index in [2.05, 4.69) is 247 Å². The van der Waals surface area contributed by atoms with Crippen LogP contribution in [0.2, 0.25) is 0 Å². The topological polar surface area (TPSA) is 32.8 Å². The second-order valence-corrected chi connectivity index (χ2v) is 19.2. The van der Waals surface area contributed by atoms with Gasteiger partial charge in [0.1, 0.15) is 22.5 Å². The van der Waals surface area contributed by atoms with Crippen LogP contribution in [0.3, 0.4) is 0 Å². The average molecular weight is 933 g/mol. The van der Waals surface area contributed by atoms with Crippen LogP contribution in [0.5, 0.6) is 0 Å². The van der Waals surface area contributed by atoms with E-state index in [0.29, 0.717) is 0 Å². The fraction of sp³-hybridized carbons (Fsp3) is 0.0145. The maximum atomic E-state index is 6.39. The van der Waals surface area contributed by atoms with Gasteiger partial charge in [0.15, 0.2) is 0 Å². The molecule has 0 amide bonds. The minimum Gasteiger partial charge on any atom is -0.456 e. The Morgan fingerprint density at radius 2 is 0.904 bits per heavy atom. The molecule has 342 valence electrons. The van der Waals surface area contributed by atoms with Gasteiger partial charge in [-0.15, -0.1) is 0 Å². The summed E-state index contributed by atoms with van der Waals surface area (Å²) in [5, 5.41) is 7.90. The molecule has 0 saturated carbocycles. The number of anilines is 6. The van der Waals surface area contributed by atoms with E-state index >= 15 is 0 Å². The van der Waals surface area contributed by atoms with Crippen LogP contribution in [-0.2, 0) is 5.41 Å². The lowest BCUT2D eigenvalue weighted by Crippen LogP contribution is -2.26. The number of fused-ring (bicyclic) bond motifs is 17. The van der Waals surface area contributed by atoms with Crippen molar-refractivity contribution in [3.05, 3.63) is 277 Å². The molecule has 0 aliphatic heterocycles. The highest BCUT2D eigenvalue weighted by atomic mass is 16.3. The van der Waals surface area contributed by atoms with Crippen molar-refractivity contribution in [3.63, 3.8) is 0 Å². The van der Waals surface area contributed by atoms with Gasteiger partial charge in [0.2, 0.25) is 0 Å². The molecule has 1 spiro atoms. The summed E-state index contributed by atoms with van der Waals surface area (Å²) in [5.74, 6) is 0.718. The molecule has 4 heteroatoms. The number of benzene rings is 11. The standard InChI is InChI=1S/C69H44N2O2/c1-3-50-56-40-48(33-35-66(56)72-64(50)4-2)70(45-19-7-5-8-20-45)47-32-31-43-38-58-61(39-44(43)37-47)69(59-28-16-13-23-51(59)52-24-14-17-29-60(52)69)62-42-63(53-25-11-12-27-55(53)68(58)62)71(46-21-9-6-10-22-46)49-34-36-67-57(41-49)54-26-15-18-30-65(54)73-67/h3-42H,1-2H2. The summed E-state index contributed by atoms with van der Waals surface area (Å²) < 4.78 is 12.6. The van der Waals surface area contributed by atoms with Crippen molar-refractivity contribution in [2.75, 3.05) is 9.80 Å². The van der Waals surface area contributed by atoms with Crippen molar-refractivity contribution >= 4 is 101 Å². The first-order valence-corrected chi connectivity index (χ1v) is 24.9. The Bertz CT molecular complexity index is 4400. The van der Waals surface area contributed by atoms with E-state index in [4.69, 9.17) is 8.83 Å². The molecule has 0 bridgehead atoms. The van der Waals surface area contributed by atoms with Crippen molar-refractivity contribution in [1.82, 2.24) is 0 Å². The zero-order valence-corrected chi connectivity index (χ0v) is 39.7. The normalized spacial score (nSPS) is 12.9. The zero-order valence-electron chi connectivity index (χ0n) is 39.7. The predicted molar refractivity (Wildman–Crippen MR) is 304 cm³/mol. The monoisotopic (exact) mass is 932 g/mol. The first kappa shape index (κ1) is 41.2. The van der Waals surface area contributed by atoms with Crippen molar-refractivity contribution in [2.24, 2.45) is 0 Å². The van der Waals surface area contributed by atoms with Crippen LogP contribution in [0.25, 0.3) is 88.9 Å². The van der Waals surface area contributed by atoms with Crippen LogP contribution >= 0.6 is 0 Å². The molecule has 0 saturated heterocycles. The van der Waals surface area contributed by atoms with Gasteiger partial charge in [0, 0.05) is 55.5 Å². The molecule has 2 aromatic heterocycles. The Morgan fingerprint density at radius 3 is 1.62 bits per heavy atom. The molecule has 0 fully saturated rings. The Kier molecular flexibility index (Phi) is 8.84. The van der Waals surface area contributed by atoms with Crippen LogP contribution in [0.1, 0.15) is 33.6 Å². The number of furan rings is 2. The zero-order chi connectivity index (χ0) is 48.4. The van der Waals surface area contributed by atoms with Gasteiger partial charge in [0.25, 0.3) is 0 Å². The third-order valence-corrected chi connectivity index (χ3v) is 15.5. The molecule has 2 aliphatic carbocycles. The number of hydrogen-bond donors (Lipinski definition) is 0. The lowest BCUT2D eigenvalue weighted by atomic mass is 9.70. The second kappa shape index (κ2) is 15.7. The SMILES string of the molecule is C=Cc1oc2ccc(N(c3ccccc3)c3ccc4cc5c(cc4c3)C3(c4ccccc4-c4ccccc43)c3cc(N(c4ccccc4)c4ccc6oc7ccccc7c6c4)c4ccccc4c3-5)cc2c1C=C. The highest BCUT2D eigenvalue weighted by Crippen LogP contribution is 2.65. The summed E-state index contributed by atoms with van der Waals surface area (Å²) in [6.45, 7) is 8.15. The Hall–Kier alpha value is -9.64. The van der Waals surface area contributed by atoms with Crippen LogP contribution in [0, 0.1) is 0 Å². The molecule has 13 aromatic rings. The first-order valence-electron chi connectivity index (χ1n) is 24.9. The number of para-hydroxylation sites is 3. The van der Waals surface area contributed by atoms with Gasteiger partial charge in [-0.2, -0.15) is 0 Å². The summed E-state index contributed by atoms with van der Waals surface area (Å²) in [6.07, 6.45) is 3.61. The summed E-state index contributed by atoms with van der Waals surface area (Å²) >= 11 is 0. The molecule has 0 unspecified atom stereocenters. The van der Waals surface area contributed by atoms with E-state index in [1.165, 1.54) is 60.7 Å². The fourth-order valence-corrected chi connectivity index (χ4v) is 12.5. The largest absolute Gasteiger partial charge is 0.456 e. The minimum atomic E-state index is -0.636. The van der Waals surface area contributed by atoms with Gasteiger partial charge in [0.05, 0.1) is 11.1 Å². The maximum Gasteiger partial charge on any atom is 0.135 e. The molecule has 0 N–H and O–H groups in total. The lowest BCUT2D eigenvalue weighted by Gasteiger charge is -2.33. The molecular formula is C69H44N2O2. The summed E-state index contributed by atoms with van der Waals surface area (Å²) in [6, 6.07) is 84.4. The quantitative estimate of drug-likeness (QED) is 0.152. The molecule has 2 aliphatic rings. The fourth-order valence-electron chi connectivity index (χ4n) is 12.5. The molecule has 4 nitrogen and oxygen atoms in total. The first-order chi connectivity index (χ1) is 36.1. The molecule has 73 heavy (non-hydrogen) atoms. The van der Waals surface area contributed by atoms with E-state index in [1.54, 1.807) is 6.08 Å². The summed E-state index contributed by atoms with van der Waals surface area (Å²) in [5.41, 5.74) is 19.4. The van der Waals surface area contributed by atoms with Crippen LogP contribution in [0.15, 0.2) is 253 Å². The van der Waals surface area contributed by atoms with E-state index in [0.717, 1.165) is 83.7 Å². The average Bonchev–Trinajstić information content (AvgIpc) is 4.28. The van der Waals surface area contributed by atoms with E-state index in [9.17, 15) is 0 Å². The van der Waals surface area contributed by atoms with Crippen molar-refractivity contribution in [3.8, 4) is 22.3 Å². The Morgan fingerprint density at radius 1 is 0.342 bits per heavy atom. The van der Waals surface area contributed by atoms with Crippen LogP contribution < -0.4 is 9.80 Å². The Balaban J connectivity index is 1.00. The van der Waals surface area contributed by atoms with Gasteiger partial charge in [-0.1, -0.05) is 153 Å². The van der Waals surface area contributed by atoms with Gasteiger partial charge < -0.3 is 18.6 Å². The second-order valence-electron chi connectivity index (χ2n) is 19.2. The molecule has 0 atom stereocenters. The number of hydrogen-bond acceptors (Lipinski definition) is 4. The van der Waals surface area contributed by atoms with Gasteiger partial charge in [-0.3, -0.25) is 0 Å². The Labute approximate surface area is 422 Å². The third-order valence-electron chi connectivity index (χ3n) is 15.5. The van der Waals surface area contributed by atoms with Crippen molar-refractivity contribution in [2.45, 2.75) is 5.41 Å². The molecule has 0 radical (unpaired) electrons. The van der Waals surface area contributed by atoms with Gasteiger partial charge in [-0.25, -0.2) is 0 Å². The molecule has 15 rings (SSSR count). The summed E-state index contributed by atoms with van der Waals surface area (Å²) in [7, 11) is 0. The molecule has 11 aromatic carbocycles. The number of nitrogens with zero attached hydrogens (tertiary/aromatic N) is 2. The maximum absolute atomic E-state index is 6.39. The van der Waals surface area contributed by atoms with Gasteiger partial charge in [-0.05, 0) is 164 Å². The highest BCUT2D eigenvalue weighted by Gasteiger charge is 2.52. The number of rotatable bonds is 8. The van der Waals surface area contributed by atoms with Gasteiger partial charge >= 0.3 is 0 Å². The van der Waals surface area contributed by atoms with Crippen molar-refractivity contribution in [1.29, 1.82) is 0 Å². The predicted octanol–water partition coefficient (Wildman–Crippen LogP) is 19.2.